The number of carbonyl (C=O) groups excluding carboxylic acids is 1. The van der Waals surface area contributed by atoms with Crippen molar-refractivity contribution < 1.29 is 9.53 Å². The molecule has 2 aromatic rings. The van der Waals surface area contributed by atoms with Crippen LogP contribution in [0.4, 0.5) is 0 Å². The second-order valence-corrected chi connectivity index (χ2v) is 5.46. The van der Waals surface area contributed by atoms with Crippen LogP contribution in [0.5, 0.6) is 0 Å². The van der Waals surface area contributed by atoms with Crippen molar-refractivity contribution in [2.45, 2.75) is 33.2 Å². The second-order valence-electron chi connectivity index (χ2n) is 5.46. The summed E-state index contributed by atoms with van der Waals surface area (Å²) in [5.41, 5.74) is 1.57. The quantitative estimate of drug-likeness (QED) is 0.807. The summed E-state index contributed by atoms with van der Waals surface area (Å²) in [5.74, 6) is -0.443. The van der Waals surface area contributed by atoms with Gasteiger partial charge < -0.3 is 4.74 Å². The zero-order valence-corrected chi connectivity index (χ0v) is 12.3. The molecule has 0 aliphatic heterocycles. The number of benzene rings is 1. The molecule has 5 heteroatoms. The van der Waals surface area contributed by atoms with Crippen LogP contribution in [0, 0.1) is 0 Å². The third-order valence-electron chi connectivity index (χ3n) is 2.82. The monoisotopic (exact) mass is 273 g/mol. The molecule has 0 N–H and O–H groups in total. The first-order valence-electron chi connectivity index (χ1n) is 6.64. The molecule has 0 spiro atoms. The Kier molecular flexibility index (Phi) is 3.88. The minimum Gasteiger partial charge on any atom is -0.461 e. The van der Waals surface area contributed by atoms with E-state index in [1.54, 1.807) is 11.6 Å². The molecule has 5 nitrogen and oxygen atoms in total. The maximum atomic E-state index is 12.0. The summed E-state index contributed by atoms with van der Waals surface area (Å²) in [6.45, 7) is 8.14. The van der Waals surface area contributed by atoms with Gasteiger partial charge in [0, 0.05) is 5.56 Å². The SMILES string of the molecule is CCOC(=O)c1nnn(C(C)(C)C)c1-c1ccccc1. The van der Waals surface area contributed by atoms with Gasteiger partial charge in [-0.2, -0.15) is 0 Å². The van der Waals surface area contributed by atoms with Crippen molar-refractivity contribution in [3.05, 3.63) is 36.0 Å². The molecule has 0 saturated heterocycles. The molecule has 2 rings (SSSR count). The van der Waals surface area contributed by atoms with E-state index in [1.165, 1.54) is 0 Å². The number of hydrogen-bond donors (Lipinski definition) is 0. The summed E-state index contributed by atoms with van der Waals surface area (Å²) in [6.07, 6.45) is 0. The van der Waals surface area contributed by atoms with E-state index >= 15 is 0 Å². The van der Waals surface area contributed by atoms with E-state index in [0.29, 0.717) is 12.3 Å². The second kappa shape index (κ2) is 5.45. The highest BCUT2D eigenvalue weighted by molar-refractivity contribution is 5.94. The Morgan fingerprint density at radius 2 is 1.90 bits per heavy atom. The molecular weight excluding hydrogens is 254 g/mol. The van der Waals surface area contributed by atoms with E-state index in [1.807, 2.05) is 51.1 Å². The molecule has 1 aromatic carbocycles. The van der Waals surface area contributed by atoms with Gasteiger partial charge >= 0.3 is 5.97 Å². The number of carbonyl (C=O) groups is 1. The van der Waals surface area contributed by atoms with Crippen LogP contribution < -0.4 is 0 Å². The van der Waals surface area contributed by atoms with Crippen LogP contribution in [-0.2, 0) is 10.3 Å². The number of hydrogen-bond acceptors (Lipinski definition) is 4. The summed E-state index contributed by atoms with van der Waals surface area (Å²) in [6, 6.07) is 9.64. The van der Waals surface area contributed by atoms with Crippen molar-refractivity contribution in [1.29, 1.82) is 0 Å². The summed E-state index contributed by atoms with van der Waals surface area (Å²) < 4.78 is 6.82. The zero-order valence-electron chi connectivity index (χ0n) is 12.3. The lowest BCUT2D eigenvalue weighted by Gasteiger charge is -2.21. The predicted molar refractivity (Wildman–Crippen MR) is 76.4 cm³/mol. The molecule has 0 radical (unpaired) electrons. The fourth-order valence-corrected chi connectivity index (χ4v) is 1.94. The molecule has 1 aromatic heterocycles. The standard InChI is InChI=1S/C15H19N3O2/c1-5-20-14(19)12-13(11-9-7-6-8-10-11)18(17-16-12)15(2,3)4/h6-10H,5H2,1-4H3. The third-order valence-corrected chi connectivity index (χ3v) is 2.82. The maximum Gasteiger partial charge on any atom is 0.361 e. The minimum absolute atomic E-state index is 0.257. The van der Waals surface area contributed by atoms with Crippen LogP contribution in [0.3, 0.4) is 0 Å². The van der Waals surface area contributed by atoms with Gasteiger partial charge in [0.15, 0.2) is 5.69 Å². The van der Waals surface area contributed by atoms with Gasteiger partial charge in [0.05, 0.1) is 12.1 Å². The average Bonchev–Trinajstić information content (AvgIpc) is 2.84. The molecule has 0 saturated carbocycles. The average molecular weight is 273 g/mol. The normalized spacial score (nSPS) is 11.4. The highest BCUT2D eigenvalue weighted by Gasteiger charge is 2.27. The van der Waals surface area contributed by atoms with Crippen molar-refractivity contribution in [3.8, 4) is 11.3 Å². The molecule has 0 unspecified atom stereocenters. The van der Waals surface area contributed by atoms with Crippen LogP contribution in [0.1, 0.15) is 38.2 Å². The number of nitrogens with zero attached hydrogens (tertiary/aromatic N) is 3. The Morgan fingerprint density at radius 1 is 1.25 bits per heavy atom. The van der Waals surface area contributed by atoms with Gasteiger partial charge in [-0.05, 0) is 27.7 Å². The number of rotatable bonds is 3. The molecule has 0 fully saturated rings. The lowest BCUT2D eigenvalue weighted by atomic mass is 10.1. The van der Waals surface area contributed by atoms with Crippen molar-refractivity contribution in [2.24, 2.45) is 0 Å². The molecule has 0 aliphatic rings. The van der Waals surface area contributed by atoms with Gasteiger partial charge in [-0.3, -0.25) is 0 Å². The Bertz CT molecular complexity index is 597. The minimum atomic E-state index is -0.443. The molecule has 0 bridgehead atoms. The maximum absolute atomic E-state index is 12.0. The summed E-state index contributed by atoms with van der Waals surface area (Å²) in [4.78, 5) is 12.0. The molecule has 20 heavy (non-hydrogen) atoms. The van der Waals surface area contributed by atoms with E-state index in [2.05, 4.69) is 10.3 Å². The van der Waals surface area contributed by atoms with E-state index in [0.717, 1.165) is 5.56 Å². The Labute approximate surface area is 118 Å². The first-order valence-corrected chi connectivity index (χ1v) is 6.64. The van der Waals surface area contributed by atoms with Crippen molar-refractivity contribution in [2.75, 3.05) is 6.61 Å². The number of aromatic nitrogens is 3. The number of esters is 1. The molecule has 106 valence electrons. The molecule has 0 amide bonds. The van der Waals surface area contributed by atoms with Crippen LogP contribution in [0.15, 0.2) is 30.3 Å². The first-order chi connectivity index (χ1) is 9.45. The van der Waals surface area contributed by atoms with E-state index in [4.69, 9.17) is 4.74 Å². The smallest absolute Gasteiger partial charge is 0.361 e. The number of ether oxygens (including phenoxy) is 1. The van der Waals surface area contributed by atoms with E-state index < -0.39 is 5.97 Å². The largest absolute Gasteiger partial charge is 0.461 e. The van der Waals surface area contributed by atoms with Crippen LogP contribution in [-0.4, -0.2) is 27.6 Å². The fraction of sp³-hybridized carbons (Fsp3) is 0.400. The van der Waals surface area contributed by atoms with Crippen molar-refractivity contribution in [3.63, 3.8) is 0 Å². The van der Waals surface area contributed by atoms with Gasteiger partial charge in [0.1, 0.15) is 5.69 Å². The van der Waals surface area contributed by atoms with Crippen LogP contribution in [0.25, 0.3) is 11.3 Å². The summed E-state index contributed by atoms with van der Waals surface area (Å²) in [5, 5.41) is 8.15. The fourth-order valence-electron chi connectivity index (χ4n) is 1.94. The Morgan fingerprint density at radius 3 is 2.45 bits per heavy atom. The van der Waals surface area contributed by atoms with Gasteiger partial charge in [-0.1, -0.05) is 35.5 Å². The highest BCUT2D eigenvalue weighted by atomic mass is 16.5. The van der Waals surface area contributed by atoms with Gasteiger partial charge in [-0.15, -0.1) is 5.10 Å². The first kappa shape index (κ1) is 14.2. The van der Waals surface area contributed by atoms with E-state index in [-0.39, 0.29) is 11.2 Å². The van der Waals surface area contributed by atoms with Crippen molar-refractivity contribution in [1.82, 2.24) is 15.0 Å². The zero-order chi connectivity index (χ0) is 14.8. The van der Waals surface area contributed by atoms with Gasteiger partial charge in [0.2, 0.25) is 0 Å². The van der Waals surface area contributed by atoms with Crippen LogP contribution in [0.2, 0.25) is 0 Å². The van der Waals surface area contributed by atoms with E-state index in [9.17, 15) is 4.79 Å². The predicted octanol–water partition coefficient (Wildman–Crippen LogP) is 2.88. The molecular formula is C15H19N3O2. The lowest BCUT2D eigenvalue weighted by molar-refractivity contribution is 0.0520. The molecule has 0 atom stereocenters. The molecule has 0 aliphatic carbocycles. The van der Waals surface area contributed by atoms with Gasteiger partial charge in [0.25, 0.3) is 0 Å². The molecule has 1 heterocycles. The Balaban J connectivity index is 2.61. The lowest BCUT2D eigenvalue weighted by Crippen LogP contribution is -2.24. The van der Waals surface area contributed by atoms with Crippen LogP contribution >= 0.6 is 0 Å². The highest BCUT2D eigenvalue weighted by Crippen LogP contribution is 2.27. The summed E-state index contributed by atoms with van der Waals surface area (Å²) in [7, 11) is 0. The van der Waals surface area contributed by atoms with Gasteiger partial charge in [-0.25, -0.2) is 9.48 Å². The summed E-state index contributed by atoms with van der Waals surface area (Å²) >= 11 is 0. The van der Waals surface area contributed by atoms with Crippen molar-refractivity contribution >= 4 is 5.97 Å². The third kappa shape index (κ3) is 2.71. The Hall–Kier alpha value is -2.17. The topological polar surface area (TPSA) is 57.0 Å².